The topological polar surface area (TPSA) is 53.2 Å². The predicted octanol–water partition coefficient (Wildman–Crippen LogP) is 0.489. The lowest BCUT2D eigenvalue weighted by molar-refractivity contribution is -0.123. The van der Waals surface area contributed by atoms with Crippen LogP contribution in [0.1, 0.15) is 33.6 Å². The van der Waals surface area contributed by atoms with Crippen molar-refractivity contribution in [3.05, 3.63) is 0 Å². The SMILES string of the molecule is CC(C)CNC(=O)C(C)NC1CCCNC1. The first kappa shape index (κ1) is 13.5. The third-order valence-electron chi connectivity index (χ3n) is 2.86. The van der Waals surface area contributed by atoms with Crippen molar-refractivity contribution in [1.29, 1.82) is 0 Å². The van der Waals surface area contributed by atoms with Crippen LogP contribution in [0, 0.1) is 5.92 Å². The maximum absolute atomic E-state index is 11.7. The van der Waals surface area contributed by atoms with Crippen LogP contribution >= 0.6 is 0 Å². The fraction of sp³-hybridized carbons (Fsp3) is 0.917. The van der Waals surface area contributed by atoms with Gasteiger partial charge in [0.15, 0.2) is 0 Å². The Labute approximate surface area is 98.6 Å². The maximum Gasteiger partial charge on any atom is 0.236 e. The van der Waals surface area contributed by atoms with Crippen molar-refractivity contribution < 1.29 is 4.79 Å². The molecule has 0 radical (unpaired) electrons. The Morgan fingerprint density at radius 3 is 2.75 bits per heavy atom. The molecule has 0 aromatic heterocycles. The number of piperidine rings is 1. The molecular formula is C12H25N3O. The molecule has 94 valence electrons. The molecule has 4 nitrogen and oxygen atoms in total. The zero-order valence-electron chi connectivity index (χ0n) is 10.7. The molecule has 1 heterocycles. The quantitative estimate of drug-likeness (QED) is 0.641. The second-order valence-corrected chi connectivity index (χ2v) is 5.07. The van der Waals surface area contributed by atoms with E-state index in [0.717, 1.165) is 26.1 Å². The normalized spacial score (nSPS) is 23.1. The van der Waals surface area contributed by atoms with Gasteiger partial charge in [-0.05, 0) is 32.2 Å². The van der Waals surface area contributed by atoms with E-state index in [2.05, 4.69) is 29.8 Å². The summed E-state index contributed by atoms with van der Waals surface area (Å²) in [6.07, 6.45) is 2.35. The Hall–Kier alpha value is -0.610. The largest absolute Gasteiger partial charge is 0.354 e. The first-order chi connectivity index (χ1) is 7.59. The number of carbonyl (C=O) groups excluding carboxylic acids is 1. The Morgan fingerprint density at radius 1 is 1.44 bits per heavy atom. The summed E-state index contributed by atoms with van der Waals surface area (Å²) < 4.78 is 0. The molecule has 16 heavy (non-hydrogen) atoms. The fourth-order valence-corrected chi connectivity index (χ4v) is 1.88. The van der Waals surface area contributed by atoms with E-state index in [1.54, 1.807) is 0 Å². The fourth-order valence-electron chi connectivity index (χ4n) is 1.88. The van der Waals surface area contributed by atoms with Crippen molar-refractivity contribution in [2.45, 2.75) is 45.7 Å². The summed E-state index contributed by atoms with van der Waals surface area (Å²) in [6.45, 7) is 8.97. The summed E-state index contributed by atoms with van der Waals surface area (Å²) in [5.74, 6) is 0.617. The van der Waals surface area contributed by atoms with Crippen LogP contribution in [0.15, 0.2) is 0 Å². The van der Waals surface area contributed by atoms with Gasteiger partial charge in [-0.25, -0.2) is 0 Å². The van der Waals surface area contributed by atoms with Gasteiger partial charge in [0.2, 0.25) is 5.91 Å². The molecule has 3 N–H and O–H groups in total. The molecule has 0 aromatic carbocycles. The molecule has 1 amide bonds. The first-order valence-corrected chi connectivity index (χ1v) is 6.34. The van der Waals surface area contributed by atoms with E-state index in [0.29, 0.717) is 12.0 Å². The molecule has 1 saturated heterocycles. The molecule has 0 spiro atoms. The molecule has 1 rings (SSSR count). The summed E-state index contributed by atoms with van der Waals surface area (Å²) in [6, 6.07) is 0.345. The highest BCUT2D eigenvalue weighted by Gasteiger charge is 2.19. The van der Waals surface area contributed by atoms with Crippen molar-refractivity contribution in [2.75, 3.05) is 19.6 Å². The lowest BCUT2D eigenvalue weighted by Gasteiger charge is -2.27. The number of rotatable bonds is 5. The molecule has 1 fully saturated rings. The van der Waals surface area contributed by atoms with E-state index in [-0.39, 0.29) is 11.9 Å². The number of carbonyl (C=O) groups is 1. The van der Waals surface area contributed by atoms with Crippen molar-refractivity contribution in [2.24, 2.45) is 5.92 Å². The van der Waals surface area contributed by atoms with Crippen molar-refractivity contribution in [3.63, 3.8) is 0 Å². The van der Waals surface area contributed by atoms with Gasteiger partial charge >= 0.3 is 0 Å². The molecule has 0 saturated carbocycles. The summed E-state index contributed by atoms with van der Waals surface area (Å²) in [5.41, 5.74) is 0. The lowest BCUT2D eigenvalue weighted by Crippen LogP contribution is -2.51. The minimum absolute atomic E-state index is 0.0938. The average Bonchev–Trinajstić information content (AvgIpc) is 2.27. The molecule has 1 aliphatic rings. The Balaban J connectivity index is 2.21. The zero-order valence-corrected chi connectivity index (χ0v) is 10.7. The second kappa shape index (κ2) is 6.86. The van der Waals surface area contributed by atoms with Gasteiger partial charge in [0.25, 0.3) is 0 Å². The Morgan fingerprint density at radius 2 is 2.19 bits per heavy atom. The van der Waals surface area contributed by atoms with Crippen LogP contribution in [0.25, 0.3) is 0 Å². The molecule has 0 aromatic rings. The van der Waals surface area contributed by atoms with Crippen LogP contribution in [0.3, 0.4) is 0 Å². The number of hydrogen-bond donors (Lipinski definition) is 3. The Bertz CT molecular complexity index is 212. The molecule has 2 unspecified atom stereocenters. The van der Waals surface area contributed by atoms with Gasteiger partial charge in [0.05, 0.1) is 6.04 Å². The lowest BCUT2D eigenvalue weighted by atomic mass is 10.1. The third kappa shape index (κ3) is 4.94. The zero-order chi connectivity index (χ0) is 12.0. The first-order valence-electron chi connectivity index (χ1n) is 6.34. The monoisotopic (exact) mass is 227 g/mol. The van der Waals surface area contributed by atoms with Crippen LogP contribution < -0.4 is 16.0 Å². The Kier molecular flexibility index (Phi) is 5.77. The highest BCUT2D eigenvalue weighted by atomic mass is 16.2. The van der Waals surface area contributed by atoms with Gasteiger partial charge in [-0.2, -0.15) is 0 Å². The van der Waals surface area contributed by atoms with Crippen LogP contribution in [0.4, 0.5) is 0 Å². The van der Waals surface area contributed by atoms with Gasteiger partial charge in [-0.1, -0.05) is 13.8 Å². The van der Waals surface area contributed by atoms with Crippen LogP contribution in [-0.2, 0) is 4.79 Å². The molecule has 1 aliphatic heterocycles. The molecule has 4 heteroatoms. The van der Waals surface area contributed by atoms with Gasteiger partial charge in [0.1, 0.15) is 0 Å². The molecule has 0 aliphatic carbocycles. The van der Waals surface area contributed by atoms with Gasteiger partial charge in [-0.15, -0.1) is 0 Å². The van der Waals surface area contributed by atoms with E-state index >= 15 is 0 Å². The summed E-state index contributed by atoms with van der Waals surface area (Å²) in [4.78, 5) is 11.7. The van der Waals surface area contributed by atoms with E-state index in [9.17, 15) is 4.79 Å². The number of hydrogen-bond acceptors (Lipinski definition) is 3. The molecule has 2 atom stereocenters. The summed E-state index contributed by atoms with van der Waals surface area (Å²) >= 11 is 0. The predicted molar refractivity (Wildman–Crippen MR) is 66.3 cm³/mol. The van der Waals surface area contributed by atoms with Crippen molar-refractivity contribution in [1.82, 2.24) is 16.0 Å². The third-order valence-corrected chi connectivity index (χ3v) is 2.86. The minimum Gasteiger partial charge on any atom is -0.354 e. The van der Waals surface area contributed by atoms with Crippen LogP contribution in [-0.4, -0.2) is 37.6 Å². The average molecular weight is 227 g/mol. The van der Waals surface area contributed by atoms with Crippen LogP contribution in [0.2, 0.25) is 0 Å². The number of nitrogens with one attached hydrogen (secondary N) is 3. The van der Waals surface area contributed by atoms with Crippen molar-refractivity contribution >= 4 is 5.91 Å². The van der Waals surface area contributed by atoms with Crippen LogP contribution in [0.5, 0.6) is 0 Å². The smallest absolute Gasteiger partial charge is 0.236 e. The number of amides is 1. The molecular weight excluding hydrogens is 202 g/mol. The standard InChI is InChI=1S/C12H25N3O/c1-9(2)7-14-12(16)10(3)15-11-5-4-6-13-8-11/h9-11,13,15H,4-8H2,1-3H3,(H,14,16). The van der Waals surface area contributed by atoms with Crippen molar-refractivity contribution in [3.8, 4) is 0 Å². The highest BCUT2D eigenvalue weighted by molar-refractivity contribution is 5.81. The summed E-state index contributed by atoms with van der Waals surface area (Å²) in [5, 5.41) is 9.65. The van der Waals surface area contributed by atoms with E-state index in [1.165, 1.54) is 6.42 Å². The van der Waals surface area contributed by atoms with Gasteiger partial charge in [-0.3, -0.25) is 4.79 Å². The van der Waals surface area contributed by atoms with E-state index < -0.39 is 0 Å². The second-order valence-electron chi connectivity index (χ2n) is 5.07. The highest BCUT2D eigenvalue weighted by Crippen LogP contribution is 2.02. The molecule has 0 bridgehead atoms. The maximum atomic E-state index is 11.7. The van der Waals surface area contributed by atoms with E-state index in [4.69, 9.17) is 0 Å². The summed E-state index contributed by atoms with van der Waals surface area (Å²) in [7, 11) is 0. The minimum atomic E-state index is -0.0938. The van der Waals surface area contributed by atoms with Gasteiger partial charge in [0, 0.05) is 19.1 Å². The van der Waals surface area contributed by atoms with Gasteiger partial charge < -0.3 is 16.0 Å². The van der Waals surface area contributed by atoms with E-state index in [1.807, 2.05) is 6.92 Å².